The van der Waals surface area contributed by atoms with Gasteiger partial charge in [-0.05, 0) is 47.6 Å². The number of carbonyl (C=O) groups excluding carboxylic acids is 2. The number of aromatic amines is 1. The van der Waals surface area contributed by atoms with Crippen LogP contribution in [-0.2, 0) is 34.3 Å². The number of amides is 2. The Hall–Kier alpha value is -3.95. The highest BCUT2D eigenvalue weighted by molar-refractivity contribution is 5.98. The van der Waals surface area contributed by atoms with Crippen LogP contribution in [0, 0.1) is 5.82 Å². The van der Waals surface area contributed by atoms with Crippen molar-refractivity contribution in [3.8, 4) is 5.88 Å². The van der Waals surface area contributed by atoms with Crippen LogP contribution in [0.2, 0.25) is 0 Å². The second kappa shape index (κ2) is 8.92. The number of carbonyl (C=O) groups is 2. The van der Waals surface area contributed by atoms with E-state index in [-0.39, 0.29) is 35.9 Å². The lowest BCUT2D eigenvalue weighted by Crippen LogP contribution is -2.46. The Morgan fingerprint density at radius 1 is 1.28 bits per heavy atom. The predicted octanol–water partition coefficient (Wildman–Crippen LogP) is 3.04. The molecule has 0 radical (unpaired) electrons. The Labute approximate surface area is 206 Å². The van der Waals surface area contributed by atoms with Crippen molar-refractivity contribution in [3.05, 3.63) is 74.6 Å². The van der Waals surface area contributed by atoms with Gasteiger partial charge in [-0.2, -0.15) is 5.16 Å². The molecule has 36 heavy (non-hydrogen) atoms. The summed E-state index contributed by atoms with van der Waals surface area (Å²) in [4.78, 5) is 44.2. The third-order valence-corrected chi connectivity index (χ3v) is 6.99. The van der Waals surface area contributed by atoms with E-state index in [1.807, 2.05) is 19.9 Å². The molecule has 0 unspecified atom stereocenters. The summed E-state index contributed by atoms with van der Waals surface area (Å²) in [6.07, 6.45) is 1.79. The van der Waals surface area contributed by atoms with Crippen LogP contribution >= 0.6 is 0 Å². The summed E-state index contributed by atoms with van der Waals surface area (Å²) in [7, 11) is 1.51. The van der Waals surface area contributed by atoms with Gasteiger partial charge in [-0.1, -0.05) is 13.8 Å². The summed E-state index contributed by atoms with van der Waals surface area (Å²) in [6.45, 7) is 4.25. The van der Waals surface area contributed by atoms with Crippen molar-refractivity contribution in [2.45, 2.75) is 51.0 Å². The largest absolute Gasteiger partial charge is 0.481 e. The van der Waals surface area contributed by atoms with E-state index >= 15 is 4.39 Å². The first-order valence-corrected chi connectivity index (χ1v) is 11.8. The van der Waals surface area contributed by atoms with E-state index in [4.69, 9.17) is 9.26 Å². The van der Waals surface area contributed by atoms with E-state index in [1.54, 1.807) is 12.1 Å². The summed E-state index contributed by atoms with van der Waals surface area (Å²) in [5, 5.41) is 4.98. The van der Waals surface area contributed by atoms with Crippen LogP contribution < -0.4 is 15.6 Å². The van der Waals surface area contributed by atoms with Crippen molar-refractivity contribution in [3.63, 3.8) is 0 Å². The molecule has 1 aliphatic carbocycles. The number of aryl methyl sites for hydroxylation is 1. The molecule has 1 atom stereocenters. The zero-order valence-corrected chi connectivity index (χ0v) is 20.3. The number of H-pyrrole nitrogens is 1. The van der Waals surface area contributed by atoms with Gasteiger partial charge >= 0.3 is 0 Å². The zero-order valence-electron chi connectivity index (χ0n) is 20.3. The number of pyridine rings is 1. The number of methoxy groups -OCH3 is 1. The van der Waals surface area contributed by atoms with E-state index in [0.29, 0.717) is 34.8 Å². The Morgan fingerprint density at radius 2 is 2.08 bits per heavy atom. The van der Waals surface area contributed by atoms with Crippen molar-refractivity contribution in [1.82, 2.24) is 15.0 Å². The quantitative estimate of drug-likeness (QED) is 0.563. The standard InChI is InChI=1S/C26H27FN4O5/c1-26(2)8-6-14-10-15(11-18(27)23(14)26)28-25(34)24-17-4-5-21(35-3)29-19(17)7-9-31(24)22(33)13-16-12-20(32)30-36-16/h4-5,10-12,24H,6-9,13H2,1-3H3,(H,28,34)(H,30,32)/t24-/m1/s1. The topological polar surface area (TPSA) is 118 Å². The number of halogens is 1. The number of aromatic nitrogens is 2. The van der Waals surface area contributed by atoms with Gasteiger partial charge in [-0.3, -0.25) is 14.4 Å². The molecule has 188 valence electrons. The maximum atomic E-state index is 15.0. The molecular weight excluding hydrogens is 467 g/mol. The summed E-state index contributed by atoms with van der Waals surface area (Å²) in [5.41, 5.74) is 2.40. The molecule has 3 aromatic rings. The summed E-state index contributed by atoms with van der Waals surface area (Å²) in [5.74, 6) is -0.642. The third-order valence-electron chi connectivity index (χ3n) is 6.99. The molecular formula is C26H27FN4O5. The molecule has 0 bridgehead atoms. The fraction of sp³-hybridized carbons (Fsp3) is 0.385. The van der Waals surface area contributed by atoms with Crippen LogP contribution in [0.5, 0.6) is 5.88 Å². The van der Waals surface area contributed by atoms with Crippen LogP contribution in [0.25, 0.3) is 0 Å². The first-order valence-electron chi connectivity index (χ1n) is 11.8. The minimum Gasteiger partial charge on any atom is -0.481 e. The number of nitrogens with zero attached hydrogens (tertiary/aromatic N) is 2. The lowest BCUT2D eigenvalue weighted by Gasteiger charge is -2.36. The van der Waals surface area contributed by atoms with E-state index in [9.17, 15) is 14.4 Å². The molecule has 0 fully saturated rings. The van der Waals surface area contributed by atoms with Gasteiger partial charge in [0.25, 0.3) is 11.5 Å². The second-order valence-corrected chi connectivity index (χ2v) is 9.85. The van der Waals surface area contributed by atoms with Crippen molar-refractivity contribution in [2.75, 3.05) is 19.0 Å². The number of hydrogen-bond donors (Lipinski definition) is 2. The van der Waals surface area contributed by atoms with Crippen molar-refractivity contribution < 1.29 is 23.2 Å². The summed E-state index contributed by atoms with van der Waals surface area (Å²) in [6, 6.07) is 6.69. The van der Waals surface area contributed by atoms with Crippen LogP contribution in [0.3, 0.4) is 0 Å². The lowest BCUT2D eigenvalue weighted by atomic mass is 9.86. The van der Waals surface area contributed by atoms with Crippen LogP contribution in [0.15, 0.2) is 39.6 Å². The highest BCUT2D eigenvalue weighted by Crippen LogP contribution is 2.41. The highest BCUT2D eigenvalue weighted by Gasteiger charge is 2.38. The minimum absolute atomic E-state index is 0.172. The SMILES string of the molecule is COc1ccc2c(n1)CCN(C(=O)Cc1cc(=O)[nH]o1)[C@H]2C(=O)Nc1cc(F)c2c(c1)CCC2(C)C. The van der Waals surface area contributed by atoms with E-state index in [2.05, 4.69) is 15.5 Å². The summed E-state index contributed by atoms with van der Waals surface area (Å²) < 4.78 is 25.3. The van der Waals surface area contributed by atoms with Crippen molar-refractivity contribution in [2.24, 2.45) is 0 Å². The van der Waals surface area contributed by atoms with Gasteiger partial charge in [0.15, 0.2) is 0 Å². The number of nitrogens with one attached hydrogen (secondary N) is 2. The normalized spacial score (nSPS) is 17.9. The van der Waals surface area contributed by atoms with Gasteiger partial charge in [-0.15, -0.1) is 0 Å². The second-order valence-electron chi connectivity index (χ2n) is 9.85. The number of hydrogen-bond acceptors (Lipinski definition) is 6. The molecule has 1 aromatic carbocycles. The number of fused-ring (bicyclic) bond motifs is 2. The molecule has 2 N–H and O–H groups in total. The third kappa shape index (κ3) is 4.27. The molecule has 2 aromatic heterocycles. The molecule has 1 aliphatic heterocycles. The fourth-order valence-electron chi connectivity index (χ4n) is 5.26. The smallest absolute Gasteiger partial charge is 0.280 e. The van der Waals surface area contributed by atoms with Gasteiger partial charge < -0.3 is 19.5 Å². The number of benzene rings is 1. The summed E-state index contributed by atoms with van der Waals surface area (Å²) >= 11 is 0. The Balaban J connectivity index is 1.47. The predicted molar refractivity (Wildman–Crippen MR) is 128 cm³/mol. The van der Waals surface area contributed by atoms with Gasteiger partial charge in [0.05, 0.1) is 19.2 Å². The van der Waals surface area contributed by atoms with Gasteiger partial charge in [0.2, 0.25) is 11.8 Å². The number of ether oxygens (including phenoxy) is 1. The molecule has 2 aliphatic rings. The van der Waals surface area contributed by atoms with Gasteiger partial charge in [0.1, 0.15) is 17.6 Å². The van der Waals surface area contributed by atoms with Crippen LogP contribution in [0.4, 0.5) is 10.1 Å². The monoisotopic (exact) mass is 494 g/mol. The molecule has 2 amide bonds. The van der Waals surface area contributed by atoms with Gasteiger partial charge in [-0.25, -0.2) is 9.37 Å². The van der Waals surface area contributed by atoms with Crippen molar-refractivity contribution >= 4 is 17.5 Å². The number of anilines is 1. The molecule has 0 saturated carbocycles. The highest BCUT2D eigenvalue weighted by atomic mass is 19.1. The van der Waals surface area contributed by atoms with Gasteiger partial charge in [0, 0.05) is 36.3 Å². The van der Waals surface area contributed by atoms with E-state index < -0.39 is 17.5 Å². The molecule has 3 heterocycles. The molecule has 10 heteroatoms. The lowest BCUT2D eigenvalue weighted by molar-refractivity contribution is -0.139. The average Bonchev–Trinajstić information content (AvgIpc) is 3.39. The first kappa shape index (κ1) is 23.8. The van der Waals surface area contributed by atoms with E-state index in [0.717, 1.165) is 18.4 Å². The number of rotatable bonds is 5. The van der Waals surface area contributed by atoms with Crippen molar-refractivity contribution in [1.29, 1.82) is 0 Å². The van der Waals surface area contributed by atoms with Crippen LogP contribution in [-0.4, -0.2) is 40.5 Å². The molecule has 5 rings (SSSR count). The zero-order chi connectivity index (χ0) is 25.6. The average molecular weight is 495 g/mol. The Morgan fingerprint density at radius 3 is 2.81 bits per heavy atom. The molecule has 0 spiro atoms. The fourth-order valence-corrected chi connectivity index (χ4v) is 5.26. The van der Waals surface area contributed by atoms with Crippen LogP contribution in [0.1, 0.15) is 54.5 Å². The maximum absolute atomic E-state index is 15.0. The Kier molecular flexibility index (Phi) is 5.89. The first-order chi connectivity index (χ1) is 17.2. The Bertz CT molecular complexity index is 1410. The maximum Gasteiger partial charge on any atom is 0.280 e. The minimum atomic E-state index is -1.00. The molecule has 9 nitrogen and oxygen atoms in total. The van der Waals surface area contributed by atoms with E-state index in [1.165, 1.54) is 24.1 Å². The molecule has 0 saturated heterocycles.